The lowest BCUT2D eigenvalue weighted by Crippen LogP contribution is -2.25. The normalized spacial score (nSPS) is 18.4. The maximum Gasteiger partial charge on any atom is 0.150 e. The van der Waals surface area contributed by atoms with Crippen LogP contribution in [-0.2, 0) is 0 Å². The van der Waals surface area contributed by atoms with Crippen LogP contribution < -0.4 is 5.32 Å². The molecule has 1 aromatic carbocycles. The Balaban J connectivity index is 2.12. The van der Waals surface area contributed by atoms with Crippen LogP contribution in [0.15, 0.2) is 16.6 Å². The fraction of sp³-hybridized carbons (Fsp3) is 0.538. The van der Waals surface area contributed by atoms with Gasteiger partial charge in [-0.2, -0.15) is 0 Å². The number of hydrogen-bond donors (Lipinski definition) is 1. The van der Waals surface area contributed by atoms with Gasteiger partial charge in [0.15, 0.2) is 0 Å². The number of anilines is 1. The van der Waals surface area contributed by atoms with Crippen LogP contribution in [0.2, 0.25) is 0 Å². The number of benzene rings is 1. The molecule has 0 radical (unpaired) electrons. The highest BCUT2D eigenvalue weighted by atomic mass is 79.9. The Morgan fingerprint density at radius 1 is 1.24 bits per heavy atom. The number of nitrogens with one attached hydrogen (secondary N) is 1. The van der Waals surface area contributed by atoms with E-state index in [1.807, 2.05) is 6.92 Å². The molecular formula is C13H16BrF2N. The fourth-order valence-electron chi connectivity index (χ4n) is 2.48. The minimum absolute atomic E-state index is 0.00685. The maximum atomic E-state index is 13.6. The standard InChI is InChI=1S/C13H16BrF2N/c1-8(9-4-2-3-5-9)17-13-11(15)6-10(14)7-12(13)16/h6-9,17H,2-5H2,1H3. The summed E-state index contributed by atoms with van der Waals surface area (Å²) in [5.74, 6) is -0.555. The molecule has 0 heterocycles. The van der Waals surface area contributed by atoms with Gasteiger partial charge in [0, 0.05) is 10.5 Å². The summed E-state index contributed by atoms with van der Waals surface area (Å²) in [5, 5.41) is 2.98. The third-order valence-corrected chi connectivity index (χ3v) is 3.94. The SMILES string of the molecule is CC(Nc1c(F)cc(Br)cc1F)C1CCCC1. The fourth-order valence-corrected chi connectivity index (χ4v) is 2.88. The first-order valence-corrected chi connectivity index (χ1v) is 6.78. The lowest BCUT2D eigenvalue weighted by Gasteiger charge is -2.22. The van der Waals surface area contributed by atoms with Crippen LogP contribution in [0.5, 0.6) is 0 Å². The van der Waals surface area contributed by atoms with Gasteiger partial charge in [0.1, 0.15) is 17.3 Å². The smallest absolute Gasteiger partial charge is 0.150 e. The van der Waals surface area contributed by atoms with Crippen molar-refractivity contribution >= 4 is 21.6 Å². The summed E-state index contributed by atoms with van der Waals surface area (Å²) < 4.78 is 27.7. The van der Waals surface area contributed by atoms with Crippen molar-refractivity contribution in [3.8, 4) is 0 Å². The molecule has 17 heavy (non-hydrogen) atoms. The van der Waals surface area contributed by atoms with Crippen molar-refractivity contribution in [1.82, 2.24) is 0 Å². The highest BCUT2D eigenvalue weighted by Crippen LogP contribution is 2.31. The molecule has 0 spiro atoms. The summed E-state index contributed by atoms with van der Waals surface area (Å²) in [4.78, 5) is 0. The van der Waals surface area contributed by atoms with E-state index < -0.39 is 11.6 Å². The van der Waals surface area contributed by atoms with Gasteiger partial charge in [-0.25, -0.2) is 8.78 Å². The molecule has 0 aromatic heterocycles. The third-order valence-electron chi connectivity index (χ3n) is 3.49. The number of halogens is 3. The van der Waals surface area contributed by atoms with E-state index in [1.165, 1.54) is 25.0 Å². The Bertz CT molecular complexity index is 379. The van der Waals surface area contributed by atoms with E-state index in [0.717, 1.165) is 12.8 Å². The quantitative estimate of drug-likeness (QED) is 0.852. The van der Waals surface area contributed by atoms with Gasteiger partial charge >= 0.3 is 0 Å². The van der Waals surface area contributed by atoms with Gasteiger partial charge in [-0.05, 0) is 37.8 Å². The Morgan fingerprint density at radius 3 is 2.29 bits per heavy atom. The molecule has 0 aliphatic heterocycles. The molecule has 0 bridgehead atoms. The van der Waals surface area contributed by atoms with E-state index >= 15 is 0 Å². The summed E-state index contributed by atoms with van der Waals surface area (Å²) in [6.45, 7) is 2.00. The molecule has 0 saturated heterocycles. The van der Waals surface area contributed by atoms with Crippen molar-refractivity contribution in [3.63, 3.8) is 0 Å². The monoisotopic (exact) mass is 303 g/mol. The highest BCUT2D eigenvalue weighted by Gasteiger charge is 2.23. The molecular weight excluding hydrogens is 288 g/mol. The second-order valence-electron chi connectivity index (χ2n) is 4.72. The van der Waals surface area contributed by atoms with E-state index in [0.29, 0.717) is 10.4 Å². The zero-order valence-corrected chi connectivity index (χ0v) is 11.4. The van der Waals surface area contributed by atoms with Crippen molar-refractivity contribution in [3.05, 3.63) is 28.2 Å². The molecule has 1 atom stereocenters. The van der Waals surface area contributed by atoms with Crippen LogP contribution in [0.25, 0.3) is 0 Å². The molecule has 1 aliphatic carbocycles. The molecule has 1 N–H and O–H groups in total. The largest absolute Gasteiger partial charge is 0.378 e. The molecule has 94 valence electrons. The molecule has 4 heteroatoms. The predicted octanol–water partition coefficient (Wildman–Crippen LogP) is 4.72. The van der Waals surface area contributed by atoms with E-state index in [-0.39, 0.29) is 11.7 Å². The van der Waals surface area contributed by atoms with Crippen LogP contribution >= 0.6 is 15.9 Å². The Kier molecular flexibility index (Phi) is 4.02. The summed E-state index contributed by atoms with van der Waals surface area (Å²) in [7, 11) is 0. The third kappa shape index (κ3) is 2.97. The van der Waals surface area contributed by atoms with Crippen LogP contribution in [0.4, 0.5) is 14.5 Å². The lowest BCUT2D eigenvalue weighted by atomic mass is 9.99. The van der Waals surface area contributed by atoms with Crippen molar-refractivity contribution in [2.24, 2.45) is 5.92 Å². The minimum atomic E-state index is -0.540. The first kappa shape index (κ1) is 12.8. The second kappa shape index (κ2) is 5.34. The molecule has 0 amide bonds. The molecule has 1 nitrogen and oxygen atoms in total. The zero-order chi connectivity index (χ0) is 12.4. The Labute approximate surface area is 109 Å². The van der Waals surface area contributed by atoms with Crippen molar-refractivity contribution in [1.29, 1.82) is 0 Å². The minimum Gasteiger partial charge on any atom is -0.378 e. The van der Waals surface area contributed by atoms with Gasteiger partial charge in [0.25, 0.3) is 0 Å². The molecule has 1 aromatic rings. The molecule has 1 aliphatic rings. The summed E-state index contributed by atoms with van der Waals surface area (Å²) in [6, 6.07) is 2.68. The van der Waals surface area contributed by atoms with Crippen LogP contribution in [0.1, 0.15) is 32.6 Å². The summed E-state index contributed by atoms with van der Waals surface area (Å²) in [5.41, 5.74) is -0.00685. The van der Waals surface area contributed by atoms with E-state index in [9.17, 15) is 8.78 Å². The van der Waals surface area contributed by atoms with Gasteiger partial charge in [0.05, 0.1) is 0 Å². The summed E-state index contributed by atoms with van der Waals surface area (Å²) >= 11 is 3.07. The molecule has 2 rings (SSSR count). The molecule has 1 unspecified atom stereocenters. The Hall–Kier alpha value is -0.640. The Morgan fingerprint density at radius 2 is 1.76 bits per heavy atom. The van der Waals surface area contributed by atoms with Crippen LogP contribution in [0.3, 0.4) is 0 Å². The van der Waals surface area contributed by atoms with Gasteiger partial charge in [0.2, 0.25) is 0 Å². The molecule has 1 fully saturated rings. The second-order valence-corrected chi connectivity index (χ2v) is 5.64. The maximum absolute atomic E-state index is 13.6. The number of hydrogen-bond acceptors (Lipinski definition) is 1. The van der Waals surface area contributed by atoms with Crippen molar-refractivity contribution in [2.75, 3.05) is 5.32 Å². The van der Waals surface area contributed by atoms with Gasteiger partial charge < -0.3 is 5.32 Å². The van der Waals surface area contributed by atoms with E-state index in [4.69, 9.17) is 0 Å². The van der Waals surface area contributed by atoms with Crippen molar-refractivity contribution < 1.29 is 8.78 Å². The predicted molar refractivity (Wildman–Crippen MR) is 69.1 cm³/mol. The van der Waals surface area contributed by atoms with E-state index in [2.05, 4.69) is 21.2 Å². The lowest BCUT2D eigenvalue weighted by molar-refractivity contribution is 0.475. The topological polar surface area (TPSA) is 12.0 Å². The average molecular weight is 304 g/mol. The van der Waals surface area contributed by atoms with Crippen molar-refractivity contribution in [2.45, 2.75) is 38.6 Å². The molecule has 1 saturated carbocycles. The van der Waals surface area contributed by atoms with Gasteiger partial charge in [-0.15, -0.1) is 0 Å². The summed E-state index contributed by atoms with van der Waals surface area (Å²) in [6.07, 6.45) is 4.74. The van der Waals surface area contributed by atoms with Gasteiger partial charge in [-0.3, -0.25) is 0 Å². The first-order chi connectivity index (χ1) is 8.08. The van der Waals surface area contributed by atoms with Crippen LogP contribution in [0, 0.1) is 17.6 Å². The number of rotatable bonds is 3. The van der Waals surface area contributed by atoms with Gasteiger partial charge in [-0.1, -0.05) is 28.8 Å². The average Bonchev–Trinajstić information content (AvgIpc) is 2.76. The van der Waals surface area contributed by atoms with Crippen LogP contribution in [-0.4, -0.2) is 6.04 Å². The zero-order valence-electron chi connectivity index (χ0n) is 9.77. The van der Waals surface area contributed by atoms with E-state index in [1.54, 1.807) is 0 Å². The first-order valence-electron chi connectivity index (χ1n) is 5.99. The highest BCUT2D eigenvalue weighted by molar-refractivity contribution is 9.10.